The average Bonchev–Trinajstić information content (AvgIpc) is 2.38. The third-order valence-corrected chi connectivity index (χ3v) is 3.03. The van der Waals surface area contributed by atoms with Gasteiger partial charge in [0.15, 0.2) is 0 Å². The SMILES string of the molecule is CC[C@H](O)c1ccc(-c2cccc(C)c2)cc1. The van der Waals surface area contributed by atoms with Gasteiger partial charge in [0.25, 0.3) is 0 Å². The van der Waals surface area contributed by atoms with Gasteiger partial charge in [-0.15, -0.1) is 0 Å². The highest BCUT2D eigenvalue weighted by molar-refractivity contribution is 5.64. The Kier molecular flexibility index (Phi) is 3.60. The molecule has 1 heteroatoms. The van der Waals surface area contributed by atoms with Crippen LogP contribution in [0.15, 0.2) is 48.5 Å². The zero-order chi connectivity index (χ0) is 12.3. The zero-order valence-corrected chi connectivity index (χ0v) is 10.4. The van der Waals surface area contributed by atoms with Gasteiger partial charge in [-0.05, 0) is 30.0 Å². The van der Waals surface area contributed by atoms with Crippen LogP contribution in [0.4, 0.5) is 0 Å². The van der Waals surface area contributed by atoms with Crippen molar-refractivity contribution in [1.82, 2.24) is 0 Å². The number of rotatable bonds is 3. The van der Waals surface area contributed by atoms with Crippen molar-refractivity contribution in [3.8, 4) is 11.1 Å². The second-order valence-electron chi connectivity index (χ2n) is 4.42. The van der Waals surface area contributed by atoms with Crippen molar-refractivity contribution in [2.75, 3.05) is 0 Å². The predicted molar refractivity (Wildman–Crippen MR) is 71.9 cm³/mol. The van der Waals surface area contributed by atoms with Crippen LogP contribution in [-0.4, -0.2) is 5.11 Å². The second-order valence-corrected chi connectivity index (χ2v) is 4.42. The van der Waals surface area contributed by atoms with Crippen LogP contribution in [0.5, 0.6) is 0 Å². The molecule has 0 saturated carbocycles. The van der Waals surface area contributed by atoms with Crippen LogP contribution < -0.4 is 0 Å². The van der Waals surface area contributed by atoms with Gasteiger partial charge in [-0.2, -0.15) is 0 Å². The summed E-state index contributed by atoms with van der Waals surface area (Å²) in [4.78, 5) is 0. The highest BCUT2D eigenvalue weighted by atomic mass is 16.3. The molecule has 17 heavy (non-hydrogen) atoms. The number of aliphatic hydroxyl groups excluding tert-OH is 1. The van der Waals surface area contributed by atoms with Crippen molar-refractivity contribution in [3.63, 3.8) is 0 Å². The quantitative estimate of drug-likeness (QED) is 0.835. The lowest BCUT2D eigenvalue weighted by atomic mass is 10.00. The third kappa shape index (κ3) is 2.75. The van der Waals surface area contributed by atoms with Crippen LogP contribution in [-0.2, 0) is 0 Å². The molecule has 2 aromatic rings. The van der Waals surface area contributed by atoms with Crippen LogP contribution in [0.1, 0.15) is 30.6 Å². The highest BCUT2D eigenvalue weighted by Gasteiger charge is 2.04. The van der Waals surface area contributed by atoms with Crippen LogP contribution >= 0.6 is 0 Å². The van der Waals surface area contributed by atoms with Crippen molar-refractivity contribution in [2.45, 2.75) is 26.4 Å². The Balaban J connectivity index is 2.29. The van der Waals surface area contributed by atoms with Gasteiger partial charge in [-0.25, -0.2) is 0 Å². The van der Waals surface area contributed by atoms with Gasteiger partial charge in [-0.1, -0.05) is 61.0 Å². The molecule has 0 heterocycles. The Morgan fingerprint density at radius 2 is 1.71 bits per heavy atom. The summed E-state index contributed by atoms with van der Waals surface area (Å²) in [5.41, 5.74) is 4.67. The Bertz CT molecular complexity index is 485. The summed E-state index contributed by atoms with van der Waals surface area (Å²) in [6, 6.07) is 16.6. The maximum Gasteiger partial charge on any atom is 0.0787 e. The monoisotopic (exact) mass is 226 g/mol. The lowest BCUT2D eigenvalue weighted by molar-refractivity contribution is 0.173. The molecule has 1 atom stereocenters. The van der Waals surface area contributed by atoms with Crippen LogP contribution in [0, 0.1) is 6.92 Å². The molecule has 0 unspecified atom stereocenters. The number of hydrogen-bond acceptors (Lipinski definition) is 1. The topological polar surface area (TPSA) is 20.2 Å². The van der Waals surface area contributed by atoms with Gasteiger partial charge >= 0.3 is 0 Å². The first-order chi connectivity index (χ1) is 8.20. The fraction of sp³-hybridized carbons (Fsp3) is 0.250. The summed E-state index contributed by atoms with van der Waals surface area (Å²) < 4.78 is 0. The summed E-state index contributed by atoms with van der Waals surface area (Å²) >= 11 is 0. The fourth-order valence-corrected chi connectivity index (χ4v) is 1.96. The molecule has 1 N–H and O–H groups in total. The van der Waals surface area contributed by atoms with Crippen LogP contribution in [0.2, 0.25) is 0 Å². The van der Waals surface area contributed by atoms with Gasteiger partial charge in [0, 0.05) is 0 Å². The first kappa shape index (κ1) is 11.9. The molecule has 0 fully saturated rings. The number of benzene rings is 2. The van der Waals surface area contributed by atoms with Crippen LogP contribution in [0.3, 0.4) is 0 Å². The lowest BCUT2D eigenvalue weighted by Crippen LogP contribution is -1.94. The molecule has 2 rings (SSSR count). The molecule has 0 bridgehead atoms. The summed E-state index contributed by atoms with van der Waals surface area (Å²) in [7, 11) is 0. The van der Waals surface area contributed by atoms with E-state index >= 15 is 0 Å². The molecule has 2 aromatic carbocycles. The Hall–Kier alpha value is -1.60. The molecule has 0 aliphatic carbocycles. The van der Waals surface area contributed by atoms with Gasteiger partial charge in [0.2, 0.25) is 0 Å². The molecule has 0 aliphatic heterocycles. The minimum Gasteiger partial charge on any atom is -0.388 e. The Morgan fingerprint density at radius 3 is 2.29 bits per heavy atom. The maximum atomic E-state index is 9.73. The van der Waals surface area contributed by atoms with E-state index in [0.29, 0.717) is 0 Å². The first-order valence-electron chi connectivity index (χ1n) is 6.05. The van der Waals surface area contributed by atoms with E-state index in [1.54, 1.807) is 0 Å². The molecule has 0 saturated heterocycles. The first-order valence-corrected chi connectivity index (χ1v) is 6.05. The normalized spacial score (nSPS) is 12.4. The Labute approximate surface area is 103 Å². The van der Waals surface area contributed by atoms with Crippen molar-refractivity contribution in [2.24, 2.45) is 0 Å². The molecule has 0 radical (unpaired) electrons. The summed E-state index contributed by atoms with van der Waals surface area (Å²) in [6.07, 6.45) is 0.408. The largest absolute Gasteiger partial charge is 0.388 e. The number of hydrogen-bond donors (Lipinski definition) is 1. The van der Waals surface area contributed by atoms with Crippen molar-refractivity contribution in [3.05, 3.63) is 59.7 Å². The minimum absolute atomic E-state index is 0.346. The standard InChI is InChI=1S/C16H18O/c1-3-16(17)14-9-7-13(8-10-14)15-6-4-5-12(2)11-15/h4-11,16-17H,3H2,1-2H3/t16-/m0/s1. The van der Waals surface area contributed by atoms with Gasteiger partial charge in [0.05, 0.1) is 6.10 Å². The van der Waals surface area contributed by atoms with Crippen molar-refractivity contribution >= 4 is 0 Å². The van der Waals surface area contributed by atoms with Gasteiger partial charge in [-0.3, -0.25) is 0 Å². The van der Waals surface area contributed by atoms with E-state index in [1.165, 1.54) is 16.7 Å². The number of aliphatic hydroxyl groups is 1. The minimum atomic E-state index is -0.346. The zero-order valence-electron chi connectivity index (χ0n) is 10.4. The van der Waals surface area contributed by atoms with Gasteiger partial charge < -0.3 is 5.11 Å². The molecule has 0 spiro atoms. The van der Waals surface area contributed by atoms with Crippen molar-refractivity contribution < 1.29 is 5.11 Å². The third-order valence-electron chi connectivity index (χ3n) is 3.03. The molecule has 88 valence electrons. The van der Waals surface area contributed by atoms with E-state index in [-0.39, 0.29) is 6.10 Å². The smallest absolute Gasteiger partial charge is 0.0787 e. The van der Waals surface area contributed by atoms with E-state index in [2.05, 4.69) is 43.3 Å². The molecular weight excluding hydrogens is 208 g/mol. The molecule has 0 aliphatic rings. The predicted octanol–water partition coefficient (Wildman–Crippen LogP) is 4.11. The summed E-state index contributed by atoms with van der Waals surface area (Å²) in [6.45, 7) is 4.08. The van der Waals surface area contributed by atoms with Crippen LogP contribution in [0.25, 0.3) is 11.1 Å². The fourth-order valence-electron chi connectivity index (χ4n) is 1.96. The van der Waals surface area contributed by atoms with E-state index in [1.807, 2.05) is 19.1 Å². The summed E-state index contributed by atoms with van der Waals surface area (Å²) in [5.74, 6) is 0. The second kappa shape index (κ2) is 5.15. The average molecular weight is 226 g/mol. The van der Waals surface area contributed by atoms with E-state index in [4.69, 9.17) is 0 Å². The van der Waals surface area contributed by atoms with E-state index in [0.717, 1.165) is 12.0 Å². The van der Waals surface area contributed by atoms with E-state index < -0.39 is 0 Å². The molecule has 0 aromatic heterocycles. The Morgan fingerprint density at radius 1 is 1.00 bits per heavy atom. The maximum absolute atomic E-state index is 9.73. The highest BCUT2D eigenvalue weighted by Crippen LogP contribution is 2.23. The van der Waals surface area contributed by atoms with Crippen molar-refractivity contribution in [1.29, 1.82) is 0 Å². The molecule has 0 amide bonds. The molecule has 1 nitrogen and oxygen atoms in total. The lowest BCUT2D eigenvalue weighted by Gasteiger charge is -2.09. The summed E-state index contributed by atoms with van der Waals surface area (Å²) in [5, 5.41) is 9.73. The van der Waals surface area contributed by atoms with E-state index in [9.17, 15) is 5.11 Å². The number of aryl methyl sites for hydroxylation is 1. The van der Waals surface area contributed by atoms with Gasteiger partial charge in [0.1, 0.15) is 0 Å². The molecular formula is C16H18O.